The Morgan fingerprint density at radius 1 is 1.41 bits per heavy atom. The molecule has 0 radical (unpaired) electrons. The van der Waals surface area contributed by atoms with Crippen LogP contribution in [-0.4, -0.2) is 30.6 Å². The predicted molar refractivity (Wildman–Crippen MR) is 65.9 cm³/mol. The van der Waals surface area contributed by atoms with Gasteiger partial charge in [0.25, 0.3) is 0 Å². The van der Waals surface area contributed by atoms with Crippen LogP contribution in [0.15, 0.2) is 24.3 Å². The Balaban J connectivity index is 2.40. The summed E-state index contributed by atoms with van der Waals surface area (Å²) in [6, 6.07) is 6.17. The van der Waals surface area contributed by atoms with Gasteiger partial charge in [-0.3, -0.25) is 4.79 Å². The summed E-state index contributed by atoms with van der Waals surface area (Å²) in [7, 11) is 1.63. The summed E-state index contributed by atoms with van der Waals surface area (Å²) < 4.78 is 4.91. The molecule has 4 heteroatoms. The first-order valence-corrected chi connectivity index (χ1v) is 5.68. The number of hydrogen-bond donors (Lipinski definition) is 2. The largest absolute Gasteiger partial charge is 0.508 e. The molecule has 3 N–H and O–H groups in total. The van der Waals surface area contributed by atoms with Crippen molar-refractivity contribution in [2.45, 2.75) is 25.3 Å². The second kappa shape index (κ2) is 7.04. The lowest BCUT2D eigenvalue weighted by Gasteiger charge is -2.10. The molecule has 0 amide bonds. The molecule has 4 nitrogen and oxygen atoms in total. The van der Waals surface area contributed by atoms with E-state index in [1.54, 1.807) is 31.4 Å². The van der Waals surface area contributed by atoms with Gasteiger partial charge in [0.15, 0.2) is 5.78 Å². The van der Waals surface area contributed by atoms with Crippen LogP contribution >= 0.6 is 0 Å². The highest BCUT2D eigenvalue weighted by Gasteiger charge is 2.13. The average molecular weight is 237 g/mol. The topological polar surface area (TPSA) is 72.5 Å². The summed E-state index contributed by atoms with van der Waals surface area (Å²) in [5.41, 5.74) is 6.65. The number of rotatable bonds is 7. The van der Waals surface area contributed by atoms with Crippen LogP contribution in [0.1, 0.15) is 18.4 Å². The van der Waals surface area contributed by atoms with Gasteiger partial charge < -0.3 is 15.6 Å². The van der Waals surface area contributed by atoms with Gasteiger partial charge in [0.2, 0.25) is 0 Å². The molecule has 1 aromatic rings. The number of ketones is 1. The number of phenolic OH excluding ortho intramolecular Hbond substituents is 1. The van der Waals surface area contributed by atoms with Gasteiger partial charge in [-0.05, 0) is 30.5 Å². The Labute approximate surface area is 101 Å². The highest BCUT2D eigenvalue weighted by atomic mass is 16.5. The molecule has 0 spiro atoms. The molecule has 0 aromatic heterocycles. The second-order valence-electron chi connectivity index (χ2n) is 4.05. The van der Waals surface area contributed by atoms with E-state index >= 15 is 0 Å². The molecular weight excluding hydrogens is 218 g/mol. The highest BCUT2D eigenvalue weighted by molar-refractivity contribution is 5.85. The molecule has 0 bridgehead atoms. The fourth-order valence-electron chi connectivity index (χ4n) is 1.55. The van der Waals surface area contributed by atoms with Crippen LogP contribution in [-0.2, 0) is 16.0 Å². The van der Waals surface area contributed by atoms with E-state index in [2.05, 4.69) is 0 Å². The quantitative estimate of drug-likeness (QED) is 0.700. The van der Waals surface area contributed by atoms with Crippen LogP contribution in [0.5, 0.6) is 5.75 Å². The lowest BCUT2D eigenvalue weighted by molar-refractivity contribution is -0.119. The first-order chi connectivity index (χ1) is 8.13. The molecule has 94 valence electrons. The number of hydrogen-bond acceptors (Lipinski definition) is 4. The molecule has 1 atom stereocenters. The maximum atomic E-state index is 11.8. The summed E-state index contributed by atoms with van der Waals surface area (Å²) in [5.74, 6) is 0.220. The molecular formula is C13H19NO3. The molecule has 17 heavy (non-hydrogen) atoms. The molecule has 0 heterocycles. The van der Waals surface area contributed by atoms with Crippen LogP contribution in [0, 0.1) is 0 Å². The number of benzene rings is 1. The average Bonchev–Trinajstić information content (AvgIpc) is 2.32. The standard InChI is InChI=1S/C13H19NO3/c1-17-8-2-3-12(14)13(16)9-10-4-6-11(15)7-5-10/h4-7,12,15H,2-3,8-9,14H2,1H3. The number of nitrogens with two attached hydrogens (primary N) is 1. The fraction of sp³-hybridized carbons (Fsp3) is 0.462. The Hall–Kier alpha value is -1.39. The van der Waals surface area contributed by atoms with E-state index in [0.29, 0.717) is 19.4 Å². The van der Waals surface area contributed by atoms with Crippen molar-refractivity contribution in [1.29, 1.82) is 0 Å². The van der Waals surface area contributed by atoms with E-state index in [1.807, 2.05) is 0 Å². The summed E-state index contributed by atoms with van der Waals surface area (Å²) in [6.45, 7) is 0.625. The zero-order valence-electron chi connectivity index (χ0n) is 10.1. The van der Waals surface area contributed by atoms with Crippen molar-refractivity contribution >= 4 is 5.78 Å². The maximum absolute atomic E-state index is 11.8. The third-order valence-electron chi connectivity index (χ3n) is 2.59. The summed E-state index contributed by atoms with van der Waals surface area (Å²) >= 11 is 0. The van der Waals surface area contributed by atoms with Gasteiger partial charge in [-0.1, -0.05) is 12.1 Å². The van der Waals surface area contributed by atoms with Crippen LogP contribution in [0.3, 0.4) is 0 Å². The van der Waals surface area contributed by atoms with Crippen LogP contribution in [0.4, 0.5) is 0 Å². The third-order valence-corrected chi connectivity index (χ3v) is 2.59. The monoisotopic (exact) mass is 237 g/mol. The number of carbonyl (C=O) groups excluding carboxylic acids is 1. The molecule has 0 aliphatic carbocycles. The summed E-state index contributed by atoms with van der Waals surface area (Å²) in [4.78, 5) is 11.8. The van der Waals surface area contributed by atoms with Crippen molar-refractivity contribution in [3.63, 3.8) is 0 Å². The van der Waals surface area contributed by atoms with E-state index in [4.69, 9.17) is 15.6 Å². The zero-order valence-corrected chi connectivity index (χ0v) is 10.1. The van der Waals surface area contributed by atoms with Crippen LogP contribution in [0.2, 0.25) is 0 Å². The minimum atomic E-state index is -0.432. The van der Waals surface area contributed by atoms with E-state index in [9.17, 15) is 4.79 Å². The van der Waals surface area contributed by atoms with Gasteiger partial charge in [-0.2, -0.15) is 0 Å². The number of methoxy groups -OCH3 is 1. The summed E-state index contributed by atoms with van der Waals surface area (Å²) in [5, 5.41) is 9.12. The number of phenols is 1. The molecule has 0 saturated carbocycles. The van der Waals surface area contributed by atoms with Crippen molar-refractivity contribution in [1.82, 2.24) is 0 Å². The highest BCUT2D eigenvalue weighted by Crippen LogP contribution is 2.11. The SMILES string of the molecule is COCCCC(N)C(=O)Cc1ccc(O)cc1. The van der Waals surface area contributed by atoms with Gasteiger partial charge in [0.1, 0.15) is 5.75 Å². The molecule has 1 aromatic carbocycles. The van der Waals surface area contributed by atoms with Crippen LogP contribution in [0.25, 0.3) is 0 Å². The lowest BCUT2D eigenvalue weighted by Crippen LogP contribution is -2.32. The Morgan fingerprint density at radius 3 is 2.65 bits per heavy atom. The van der Waals surface area contributed by atoms with Gasteiger partial charge in [-0.25, -0.2) is 0 Å². The van der Waals surface area contributed by atoms with Crippen molar-refractivity contribution in [2.24, 2.45) is 5.73 Å². The van der Waals surface area contributed by atoms with E-state index in [0.717, 1.165) is 12.0 Å². The maximum Gasteiger partial charge on any atom is 0.153 e. The normalized spacial score (nSPS) is 12.4. The number of aromatic hydroxyl groups is 1. The smallest absolute Gasteiger partial charge is 0.153 e. The van der Waals surface area contributed by atoms with E-state index < -0.39 is 6.04 Å². The van der Waals surface area contributed by atoms with Crippen LogP contribution < -0.4 is 5.73 Å². The minimum Gasteiger partial charge on any atom is -0.508 e. The lowest BCUT2D eigenvalue weighted by atomic mass is 10.0. The second-order valence-corrected chi connectivity index (χ2v) is 4.05. The summed E-state index contributed by atoms with van der Waals surface area (Å²) in [6.07, 6.45) is 1.75. The van der Waals surface area contributed by atoms with Gasteiger partial charge >= 0.3 is 0 Å². The Bertz CT molecular complexity index is 348. The van der Waals surface area contributed by atoms with E-state index in [1.165, 1.54) is 0 Å². The predicted octanol–water partition coefficient (Wildman–Crippen LogP) is 1.26. The third kappa shape index (κ3) is 4.97. The Morgan fingerprint density at radius 2 is 2.06 bits per heavy atom. The van der Waals surface area contributed by atoms with Crippen molar-refractivity contribution < 1.29 is 14.6 Å². The van der Waals surface area contributed by atoms with Gasteiger partial charge in [0, 0.05) is 20.1 Å². The van der Waals surface area contributed by atoms with Crippen molar-refractivity contribution in [3.8, 4) is 5.75 Å². The molecule has 1 unspecified atom stereocenters. The van der Waals surface area contributed by atoms with Crippen molar-refractivity contribution in [3.05, 3.63) is 29.8 Å². The fourth-order valence-corrected chi connectivity index (χ4v) is 1.55. The minimum absolute atomic E-state index is 0.0202. The number of carbonyl (C=O) groups is 1. The first kappa shape index (κ1) is 13.7. The van der Waals surface area contributed by atoms with Crippen molar-refractivity contribution in [2.75, 3.05) is 13.7 Å². The molecule has 0 aliphatic rings. The number of ether oxygens (including phenoxy) is 1. The molecule has 1 rings (SSSR count). The first-order valence-electron chi connectivity index (χ1n) is 5.68. The Kier molecular flexibility index (Phi) is 5.66. The van der Waals surface area contributed by atoms with E-state index in [-0.39, 0.29) is 11.5 Å². The molecule has 0 fully saturated rings. The van der Waals surface area contributed by atoms with Gasteiger partial charge in [-0.15, -0.1) is 0 Å². The zero-order chi connectivity index (χ0) is 12.7. The molecule has 0 aliphatic heterocycles. The molecule has 0 saturated heterocycles. The number of Topliss-reactive ketones (excluding diaryl/α,β-unsaturated/α-hetero) is 1. The van der Waals surface area contributed by atoms with Gasteiger partial charge in [0.05, 0.1) is 6.04 Å².